The summed E-state index contributed by atoms with van der Waals surface area (Å²) in [7, 11) is 4.06. The van der Waals surface area contributed by atoms with Gasteiger partial charge in [-0.3, -0.25) is 0 Å². The van der Waals surface area contributed by atoms with E-state index in [0.717, 1.165) is 49.6 Å². The van der Waals surface area contributed by atoms with Crippen LogP contribution >= 0.6 is 0 Å². The van der Waals surface area contributed by atoms with Gasteiger partial charge < -0.3 is 14.8 Å². The maximum Gasteiger partial charge on any atom is 0.129 e. The van der Waals surface area contributed by atoms with E-state index in [2.05, 4.69) is 30.0 Å². The predicted octanol–water partition coefficient (Wildman–Crippen LogP) is 5.02. The first-order valence-corrected chi connectivity index (χ1v) is 11.5. The number of rotatable bonds is 7. The first kappa shape index (κ1) is 21.8. The van der Waals surface area contributed by atoms with E-state index in [1.807, 2.05) is 20.3 Å². The van der Waals surface area contributed by atoms with Gasteiger partial charge in [-0.2, -0.15) is 0 Å². The zero-order chi connectivity index (χ0) is 20.2. The molecule has 4 heteroatoms. The van der Waals surface area contributed by atoms with E-state index >= 15 is 0 Å². The lowest BCUT2D eigenvalue weighted by atomic mass is 9.57. The van der Waals surface area contributed by atoms with Crippen LogP contribution in [0.2, 0.25) is 0 Å². The van der Waals surface area contributed by atoms with Crippen molar-refractivity contribution in [3.8, 4) is 0 Å². The van der Waals surface area contributed by atoms with Gasteiger partial charge in [-0.05, 0) is 76.5 Å². The van der Waals surface area contributed by atoms with Crippen molar-refractivity contribution in [3.05, 3.63) is 11.6 Å². The lowest BCUT2D eigenvalue weighted by molar-refractivity contribution is -0.117. The number of fused-ring (bicyclic) bond motifs is 1. The van der Waals surface area contributed by atoms with Gasteiger partial charge in [0.2, 0.25) is 0 Å². The van der Waals surface area contributed by atoms with Crippen molar-refractivity contribution in [1.29, 1.82) is 0 Å². The van der Waals surface area contributed by atoms with Crippen LogP contribution in [0.4, 0.5) is 0 Å². The normalized spacial score (nSPS) is 37.6. The van der Waals surface area contributed by atoms with E-state index in [1.54, 1.807) is 0 Å². The number of oxime groups is 1. The van der Waals surface area contributed by atoms with Crippen molar-refractivity contribution in [1.82, 2.24) is 4.90 Å². The third-order valence-corrected chi connectivity index (χ3v) is 8.13. The summed E-state index contributed by atoms with van der Waals surface area (Å²) in [5.74, 6) is 2.05. The van der Waals surface area contributed by atoms with E-state index < -0.39 is 5.60 Å². The summed E-state index contributed by atoms with van der Waals surface area (Å²) >= 11 is 0. The topological polar surface area (TPSA) is 45.1 Å². The SMILES string of the molecule is CC(C=NOCCN(C)C)=C[C@H]1CC[C@]2(O)C[C@@H](C3CCCCC3)CC[C@]12C. The van der Waals surface area contributed by atoms with Crippen molar-refractivity contribution in [2.75, 3.05) is 27.2 Å². The summed E-state index contributed by atoms with van der Waals surface area (Å²) in [6, 6.07) is 0. The first-order valence-electron chi connectivity index (χ1n) is 11.5. The molecule has 4 atom stereocenters. The Balaban J connectivity index is 1.59. The minimum absolute atomic E-state index is 0.0129. The molecule has 0 heterocycles. The molecule has 0 aliphatic heterocycles. The number of likely N-dealkylation sites (N-methyl/N-ethyl adjacent to an activating group) is 1. The van der Waals surface area contributed by atoms with Gasteiger partial charge in [0.15, 0.2) is 0 Å². The van der Waals surface area contributed by atoms with Crippen molar-refractivity contribution in [2.24, 2.45) is 28.3 Å². The molecule has 0 amide bonds. The third kappa shape index (κ3) is 4.81. The second kappa shape index (κ2) is 9.30. The molecule has 3 aliphatic carbocycles. The van der Waals surface area contributed by atoms with Crippen molar-refractivity contribution >= 4 is 6.21 Å². The van der Waals surface area contributed by atoms with E-state index in [9.17, 15) is 5.11 Å². The Kier molecular flexibility index (Phi) is 7.25. The molecular formula is C24H42N2O2. The summed E-state index contributed by atoms with van der Waals surface area (Å²) in [4.78, 5) is 7.44. The van der Waals surface area contributed by atoms with Crippen molar-refractivity contribution < 1.29 is 9.94 Å². The number of allylic oxidation sites excluding steroid dienone is 2. The monoisotopic (exact) mass is 390 g/mol. The van der Waals surface area contributed by atoms with Crippen LogP contribution in [0.5, 0.6) is 0 Å². The maximum absolute atomic E-state index is 11.7. The highest BCUT2D eigenvalue weighted by molar-refractivity contribution is 5.77. The molecule has 0 aromatic heterocycles. The number of aliphatic hydroxyl groups is 1. The van der Waals surface area contributed by atoms with Gasteiger partial charge in [-0.1, -0.05) is 50.3 Å². The summed E-state index contributed by atoms with van der Waals surface area (Å²) in [6.45, 7) is 5.93. The summed E-state index contributed by atoms with van der Waals surface area (Å²) in [5.41, 5.74) is 0.683. The molecule has 0 spiro atoms. The van der Waals surface area contributed by atoms with E-state index in [1.165, 1.54) is 38.5 Å². The Morgan fingerprint density at radius 1 is 1.11 bits per heavy atom. The standard InChI is InChI=1S/C24H42N2O2/c1-19(18-25-28-15-14-26(3)4)16-22-11-13-24(27)17-21(10-12-23(22,24)2)20-8-6-5-7-9-20/h16,18,20-22,27H,5-15,17H2,1-4H3/t21-,22+,23+,24-/m0/s1. The Morgan fingerprint density at radius 2 is 1.86 bits per heavy atom. The van der Waals surface area contributed by atoms with E-state index in [4.69, 9.17) is 4.84 Å². The van der Waals surface area contributed by atoms with Gasteiger partial charge in [-0.25, -0.2) is 0 Å². The fourth-order valence-corrected chi connectivity index (χ4v) is 6.15. The number of hydrogen-bond donors (Lipinski definition) is 1. The van der Waals surface area contributed by atoms with E-state index in [-0.39, 0.29) is 5.41 Å². The summed E-state index contributed by atoms with van der Waals surface area (Å²) < 4.78 is 0. The highest BCUT2D eigenvalue weighted by atomic mass is 16.6. The summed E-state index contributed by atoms with van der Waals surface area (Å²) in [6.07, 6.45) is 16.7. The minimum Gasteiger partial charge on any atom is -0.394 e. The first-order chi connectivity index (χ1) is 13.3. The predicted molar refractivity (Wildman–Crippen MR) is 116 cm³/mol. The molecule has 3 aliphatic rings. The van der Waals surface area contributed by atoms with Crippen molar-refractivity contribution in [3.63, 3.8) is 0 Å². The second-order valence-electron chi connectivity index (χ2n) is 10.3. The zero-order valence-electron chi connectivity index (χ0n) is 18.6. The molecule has 4 nitrogen and oxygen atoms in total. The molecule has 3 fully saturated rings. The van der Waals surface area contributed by atoms with Gasteiger partial charge in [0.1, 0.15) is 6.61 Å². The highest BCUT2D eigenvalue weighted by Crippen LogP contribution is 2.61. The molecule has 0 aromatic carbocycles. The van der Waals surface area contributed by atoms with Gasteiger partial charge >= 0.3 is 0 Å². The Bertz CT molecular complexity index is 567. The van der Waals surface area contributed by atoms with Gasteiger partial charge in [0, 0.05) is 12.0 Å². The third-order valence-electron chi connectivity index (χ3n) is 8.13. The average molecular weight is 391 g/mol. The Hall–Kier alpha value is -0.870. The maximum atomic E-state index is 11.7. The molecule has 0 bridgehead atoms. The van der Waals surface area contributed by atoms with Gasteiger partial charge in [0.25, 0.3) is 0 Å². The Labute approximate surface area is 172 Å². The van der Waals surface area contributed by atoms with Crippen LogP contribution in [0.1, 0.15) is 78.1 Å². The van der Waals surface area contributed by atoms with Crippen LogP contribution < -0.4 is 0 Å². The lowest BCUT2D eigenvalue weighted by Crippen LogP contribution is -2.50. The molecule has 0 radical (unpaired) electrons. The van der Waals surface area contributed by atoms with Crippen LogP contribution in [0.3, 0.4) is 0 Å². The van der Waals surface area contributed by atoms with Crippen LogP contribution in [0.15, 0.2) is 16.8 Å². The van der Waals surface area contributed by atoms with Crippen LogP contribution in [0.25, 0.3) is 0 Å². The minimum atomic E-state index is -0.478. The fourth-order valence-electron chi connectivity index (χ4n) is 6.15. The molecule has 28 heavy (non-hydrogen) atoms. The Morgan fingerprint density at radius 3 is 2.57 bits per heavy atom. The van der Waals surface area contributed by atoms with Crippen LogP contribution in [-0.2, 0) is 4.84 Å². The average Bonchev–Trinajstić information content (AvgIpc) is 2.92. The highest BCUT2D eigenvalue weighted by Gasteiger charge is 2.58. The molecule has 3 saturated carbocycles. The largest absolute Gasteiger partial charge is 0.394 e. The number of hydrogen-bond acceptors (Lipinski definition) is 4. The lowest BCUT2D eigenvalue weighted by Gasteiger charge is -2.51. The summed E-state index contributed by atoms with van der Waals surface area (Å²) in [5, 5.41) is 15.8. The molecule has 1 N–H and O–H groups in total. The number of nitrogens with zero attached hydrogens (tertiary/aromatic N) is 2. The van der Waals surface area contributed by atoms with Crippen LogP contribution in [-0.4, -0.2) is 49.1 Å². The molecule has 160 valence electrons. The van der Waals surface area contributed by atoms with E-state index in [0.29, 0.717) is 12.5 Å². The van der Waals surface area contributed by atoms with Gasteiger partial charge in [-0.15, -0.1) is 0 Å². The zero-order valence-corrected chi connectivity index (χ0v) is 18.6. The molecule has 0 saturated heterocycles. The fraction of sp³-hybridized carbons (Fsp3) is 0.875. The van der Waals surface area contributed by atoms with Crippen LogP contribution in [0, 0.1) is 23.2 Å². The second-order valence-corrected chi connectivity index (χ2v) is 10.3. The molecular weight excluding hydrogens is 348 g/mol. The smallest absolute Gasteiger partial charge is 0.129 e. The quantitative estimate of drug-likeness (QED) is 0.377. The van der Waals surface area contributed by atoms with Gasteiger partial charge in [0.05, 0.1) is 11.8 Å². The molecule has 0 unspecified atom stereocenters. The molecule has 3 rings (SSSR count). The molecule has 0 aromatic rings. The van der Waals surface area contributed by atoms with Crippen molar-refractivity contribution in [2.45, 2.75) is 83.7 Å².